The van der Waals surface area contributed by atoms with Gasteiger partial charge in [0.1, 0.15) is 17.6 Å². The Hall–Kier alpha value is -2.50. The second-order valence-electron chi connectivity index (χ2n) is 6.91. The molecule has 0 saturated carbocycles. The third-order valence-corrected chi connectivity index (χ3v) is 5.90. The number of benzene rings is 2. The zero-order valence-corrected chi connectivity index (χ0v) is 17.0. The standard InChI is InChI=1S/C22H19ClO4S/c1-12(2)26-20(24)11-18-15(9-13-5-3-4-6-17(13)27-18)22-21(25)16-10-14(23)7-8-19(16)28-22/h3-10,12,18,25H,11H2,1-2H3/t18-/m0/s1. The van der Waals surface area contributed by atoms with E-state index in [9.17, 15) is 9.90 Å². The maximum absolute atomic E-state index is 12.3. The Morgan fingerprint density at radius 1 is 1.29 bits per heavy atom. The highest BCUT2D eigenvalue weighted by atomic mass is 35.5. The van der Waals surface area contributed by atoms with Crippen molar-refractivity contribution in [3.05, 3.63) is 57.9 Å². The number of fused-ring (bicyclic) bond motifs is 2. The fourth-order valence-corrected chi connectivity index (χ4v) is 4.57. The molecule has 1 atom stereocenters. The Morgan fingerprint density at radius 3 is 2.86 bits per heavy atom. The first-order valence-electron chi connectivity index (χ1n) is 9.00. The van der Waals surface area contributed by atoms with Gasteiger partial charge in [-0.15, -0.1) is 11.3 Å². The molecule has 0 saturated heterocycles. The summed E-state index contributed by atoms with van der Waals surface area (Å²) in [5.41, 5.74) is 1.66. The summed E-state index contributed by atoms with van der Waals surface area (Å²) in [6.45, 7) is 3.63. The van der Waals surface area contributed by atoms with Gasteiger partial charge in [0.2, 0.25) is 0 Å². The van der Waals surface area contributed by atoms with Crippen LogP contribution < -0.4 is 4.74 Å². The van der Waals surface area contributed by atoms with Crippen molar-refractivity contribution in [3.63, 3.8) is 0 Å². The molecule has 1 aromatic heterocycles. The molecule has 1 aliphatic heterocycles. The van der Waals surface area contributed by atoms with Crippen molar-refractivity contribution in [2.75, 3.05) is 0 Å². The highest BCUT2D eigenvalue weighted by molar-refractivity contribution is 7.20. The highest BCUT2D eigenvalue weighted by Crippen LogP contribution is 2.46. The maximum atomic E-state index is 12.3. The molecule has 1 N–H and O–H groups in total. The van der Waals surface area contributed by atoms with Crippen LogP contribution in [-0.2, 0) is 9.53 Å². The second-order valence-corrected chi connectivity index (χ2v) is 8.40. The van der Waals surface area contributed by atoms with Crippen LogP contribution in [0, 0.1) is 0 Å². The number of para-hydroxylation sites is 1. The lowest BCUT2D eigenvalue weighted by Gasteiger charge is -2.26. The molecule has 28 heavy (non-hydrogen) atoms. The van der Waals surface area contributed by atoms with E-state index in [0.717, 1.165) is 15.8 Å². The fourth-order valence-electron chi connectivity index (χ4n) is 3.26. The molecule has 1 aliphatic rings. The van der Waals surface area contributed by atoms with Crippen molar-refractivity contribution in [2.45, 2.75) is 32.5 Å². The van der Waals surface area contributed by atoms with Crippen molar-refractivity contribution in [1.29, 1.82) is 0 Å². The van der Waals surface area contributed by atoms with Crippen molar-refractivity contribution in [2.24, 2.45) is 0 Å². The summed E-state index contributed by atoms with van der Waals surface area (Å²) in [5.74, 6) is 0.519. The van der Waals surface area contributed by atoms with Crippen LogP contribution in [0.2, 0.25) is 5.02 Å². The normalized spacial score (nSPS) is 15.9. The zero-order chi connectivity index (χ0) is 19.8. The molecule has 0 radical (unpaired) electrons. The van der Waals surface area contributed by atoms with Gasteiger partial charge in [-0.05, 0) is 44.2 Å². The Kier molecular flexibility index (Phi) is 5.04. The number of esters is 1. The summed E-state index contributed by atoms with van der Waals surface area (Å²) in [4.78, 5) is 13.0. The van der Waals surface area contributed by atoms with E-state index in [1.807, 2.05) is 50.3 Å². The van der Waals surface area contributed by atoms with Crippen molar-refractivity contribution < 1.29 is 19.4 Å². The Bertz CT molecular complexity index is 1080. The molecule has 2 aromatic carbocycles. The van der Waals surface area contributed by atoms with Crippen LogP contribution in [0.3, 0.4) is 0 Å². The summed E-state index contributed by atoms with van der Waals surface area (Å²) in [6.07, 6.45) is 1.29. The van der Waals surface area contributed by atoms with Gasteiger partial charge in [-0.1, -0.05) is 29.8 Å². The highest BCUT2D eigenvalue weighted by Gasteiger charge is 2.30. The van der Waals surface area contributed by atoms with E-state index < -0.39 is 6.10 Å². The van der Waals surface area contributed by atoms with Gasteiger partial charge in [-0.3, -0.25) is 4.79 Å². The van der Waals surface area contributed by atoms with Crippen LogP contribution >= 0.6 is 22.9 Å². The van der Waals surface area contributed by atoms with Crippen LogP contribution in [0.25, 0.3) is 21.7 Å². The number of hydrogen-bond donors (Lipinski definition) is 1. The van der Waals surface area contributed by atoms with Crippen LogP contribution in [0.4, 0.5) is 0 Å². The van der Waals surface area contributed by atoms with Crippen molar-refractivity contribution >= 4 is 50.6 Å². The van der Waals surface area contributed by atoms with Gasteiger partial charge in [0.15, 0.2) is 0 Å². The van der Waals surface area contributed by atoms with E-state index in [2.05, 4.69) is 0 Å². The van der Waals surface area contributed by atoms with Gasteiger partial charge >= 0.3 is 5.97 Å². The molecule has 6 heteroatoms. The third-order valence-electron chi connectivity index (χ3n) is 4.45. The van der Waals surface area contributed by atoms with Gasteiger partial charge < -0.3 is 14.6 Å². The second kappa shape index (κ2) is 7.49. The topological polar surface area (TPSA) is 55.8 Å². The zero-order valence-electron chi connectivity index (χ0n) is 15.4. The van der Waals surface area contributed by atoms with Crippen LogP contribution in [-0.4, -0.2) is 23.3 Å². The van der Waals surface area contributed by atoms with Crippen LogP contribution in [0.5, 0.6) is 11.5 Å². The van der Waals surface area contributed by atoms with Crippen LogP contribution in [0.15, 0.2) is 42.5 Å². The molecule has 0 spiro atoms. The number of thiophene rings is 1. The largest absolute Gasteiger partial charge is 0.506 e. The lowest BCUT2D eigenvalue weighted by molar-refractivity contribution is -0.148. The summed E-state index contributed by atoms with van der Waals surface area (Å²) >= 11 is 7.54. The summed E-state index contributed by atoms with van der Waals surface area (Å²) < 4.78 is 12.4. The monoisotopic (exact) mass is 414 g/mol. The Morgan fingerprint density at radius 2 is 2.07 bits per heavy atom. The molecule has 0 unspecified atom stereocenters. The van der Waals surface area contributed by atoms with Gasteiger partial charge in [-0.2, -0.15) is 0 Å². The van der Waals surface area contributed by atoms with E-state index in [4.69, 9.17) is 21.1 Å². The van der Waals surface area contributed by atoms with Gasteiger partial charge in [0, 0.05) is 26.2 Å². The van der Waals surface area contributed by atoms with E-state index >= 15 is 0 Å². The molecule has 0 amide bonds. The molecule has 144 valence electrons. The van der Waals surface area contributed by atoms with Crippen LogP contribution in [0.1, 0.15) is 30.7 Å². The molecule has 0 fully saturated rings. The Balaban J connectivity index is 1.79. The first-order valence-corrected chi connectivity index (χ1v) is 10.2. The van der Waals surface area contributed by atoms with E-state index in [1.165, 1.54) is 11.3 Å². The summed E-state index contributed by atoms with van der Waals surface area (Å²) in [6, 6.07) is 13.0. The number of hydrogen-bond acceptors (Lipinski definition) is 5. The minimum absolute atomic E-state index is 0.0623. The lowest BCUT2D eigenvalue weighted by atomic mass is 9.97. The quantitative estimate of drug-likeness (QED) is 0.539. The average Bonchev–Trinajstić information content (AvgIpc) is 2.96. The van der Waals surface area contributed by atoms with E-state index in [1.54, 1.807) is 12.1 Å². The molecule has 4 rings (SSSR count). The molecule has 3 aromatic rings. The van der Waals surface area contributed by atoms with Gasteiger partial charge in [0.25, 0.3) is 0 Å². The molecular weight excluding hydrogens is 396 g/mol. The smallest absolute Gasteiger partial charge is 0.310 e. The number of rotatable bonds is 4. The summed E-state index contributed by atoms with van der Waals surface area (Å²) in [7, 11) is 0. The number of carbonyl (C=O) groups excluding carboxylic acids is 1. The predicted molar refractivity (Wildman–Crippen MR) is 113 cm³/mol. The lowest BCUT2D eigenvalue weighted by Crippen LogP contribution is -2.27. The van der Waals surface area contributed by atoms with E-state index in [-0.39, 0.29) is 24.2 Å². The predicted octanol–water partition coefficient (Wildman–Crippen LogP) is 5.90. The number of aromatic hydroxyl groups is 1. The molecule has 0 aliphatic carbocycles. The average molecular weight is 415 g/mol. The SMILES string of the molecule is CC(C)OC(=O)C[C@@H]1Oc2ccccc2C=C1c1sc2ccc(Cl)cc2c1O. The van der Waals surface area contributed by atoms with Gasteiger partial charge in [-0.25, -0.2) is 0 Å². The van der Waals surface area contributed by atoms with E-state index in [0.29, 0.717) is 21.0 Å². The number of halogens is 1. The first-order chi connectivity index (χ1) is 13.4. The maximum Gasteiger partial charge on any atom is 0.310 e. The van der Waals surface area contributed by atoms with Crippen molar-refractivity contribution in [1.82, 2.24) is 0 Å². The number of carbonyl (C=O) groups is 1. The molecular formula is C22H19ClO4S. The summed E-state index contributed by atoms with van der Waals surface area (Å²) in [5, 5.41) is 12.1. The molecule has 0 bridgehead atoms. The van der Waals surface area contributed by atoms with Gasteiger partial charge in [0.05, 0.1) is 17.4 Å². The minimum atomic E-state index is -0.546. The third kappa shape index (κ3) is 3.60. The Labute approximate surface area is 172 Å². The number of ether oxygens (including phenoxy) is 2. The fraction of sp³-hybridized carbons (Fsp3) is 0.227. The van der Waals surface area contributed by atoms with Crippen molar-refractivity contribution in [3.8, 4) is 11.5 Å². The molecule has 4 nitrogen and oxygen atoms in total. The molecule has 2 heterocycles. The minimum Gasteiger partial charge on any atom is -0.506 e. The first kappa shape index (κ1) is 18.8.